The first kappa shape index (κ1) is 18.0. The van der Waals surface area contributed by atoms with E-state index in [4.69, 9.17) is 20.1 Å². The fourth-order valence-electron chi connectivity index (χ4n) is 4.77. The van der Waals surface area contributed by atoms with Gasteiger partial charge in [0.05, 0.1) is 6.10 Å². The van der Waals surface area contributed by atoms with Crippen LogP contribution in [-0.2, 0) is 14.4 Å². The third-order valence-corrected chi connectivity index (χ3v) is 5.90. The molecular weight excluding hydrogens is 327 g/mol. The first-order chi connectivity index (χ1) is 11.3. The molecule has 0 aromatic rings. The third-order valence-electron chi connectivity index (χ3n) is 5.90. The van der Waals surface area contributed by atoms with Crippen LogP contribution in [0.4, 0.5) is 13.2 Å². The Labute approximate surface area is 138 Å². The highest BCUT2D eigenvalue weighted by atomic mass is 19.4. The fourth-order valence-corrected chi connectivity index (χ4v) is 4.77. The molecule has 138 valence electrons. The van der Waals surface area contributed by atoms with Crippen LogP contribution in [0.3, 0.4) is 0 Å². The van der Waals surface area contributed by atoms with Crippen molar-refractivity contribution in [1.82, 2.24) is 0 Å². The Bertz CT molecular complexity index is 524. The number of nitrogens with two attached hydrogens (primary N) is 1. The van der Waals surface area contributed by atoms with Gasteiger partial charge >= 0.3 is 6.18 Å². The van der Waals surface area contributed by atoms with E-state index in [0.29, 0.717) is 19.3 Å². The van der Waals surface area contributed by atoms with Gasteiger partial charge in [-0.05, 0) is 44.1 Å². The van der Waals surface area contributed by atoms with Gasteiger partial charge in [0.15, 0.2) is 5.60 Å². The van der Waals surface area contributed by atoms with E-state index < -0.39 is 29.7 Å². The summed E-state index contributed by atoms with van der Waals surface area (Å²) in [6.45, 7) is 3.52. The molecule has 1 saturated heterocycles. The summed E-state index contributed by atoms with van der Waals surface area (Å²) < 4.78 is 51.4. The van der Waals surface area contributed by atoms with Crippen LogP contribution in [0, 0.1) is 17.8 Å². The van der Waals surface area contributed by atoms with Crippen molar-refractivity contribution >= 4 is 0 Å². The van der Waals surface area contributed by atoms with Gasteiger partial charge in [-0.15, -0.1) is 0 Å². The average Bonchev–Trinajstić information content (AvgIpc) is 2.66. The molecule has 1 aliphatic carbocycles. The quantitative estimate of drug-likeness (QED) is 0.590. The first-order valence-electron chi connectivity index (χ1n) is 8.40. The lowest BCUT2D eigenvalue weighted by Crippen LogP contribution is -2.64. The molecule has 8 heteroatoms. The van der Waals surface area contributed by atoms with Crippen molar-refractivity contribution in [3.05, 3.63) is 11.3 Å². The number of rotatable bonds is 2. The lowest BCUT2D eigenvalue weighted by molar-refractivity contribution is -0.419. The number of halogens is 3. The Morgan fingerprint density at radius 1 is 1.25 bits per heavy atom. The van der Waals surface area contributed by atoms with Gasteiger partial charge in [0.1, 0.15) is 0 Å². The molecule has 3 aliphatic rings. The molecule has 3 N–H and O–H groups in total. The van der Waals surface area contributed by atoms with Crippen LogP contribution in [0.15, 0.2) is 11.3 Å². The number of alkyl halides is 3. The summed E-state index contributed by atoms with van der Waals surface area (Å²) in [6.07, 6.45) is -3.69. The van der Waals surface area contributed by atoms with Crippen LogP contribution in [0.25, 0.3) is 0 Å². The van der Waals surface area contributed by atoms with E-state index in [1.165, 1.54) is 0 Å². The minimum absolute atomic E-state index is 0.0390. The van der Waals surface area contributed by atoms with Crippen molar-refractivity contribution in [2.45, 2.75) is 63.7 Å². The van der Waals surface area contributed by atoms with Crippen LogP contribution in [0.1, 0.15) is 39.5 Å². The van der Waals surface area contributed by atoms with Crippen molar-refractivity contribution in [3.63, 3.8) is 0 Å². The Morgan fingerprint density at radius 3 is 2.54 bits per heavy atom. The second-order valence-electron chi connectivity index (χ2n) is 7.19. The molecule has 0 aromatic heterocycles. The fraction of sp³-hybridized carbons (Fsp3) is 0.875. The molecule has 5 nitrogen and oxygen atoms in total. The smallest absolute Gasteiger partial charge is 0.449 e. The van der Waals surface area contributed by atoms with Crippen LogP contribution in [0.5, 0.6) is 0 Å². The molecule has 2 aliphatic heterocycles. The zero-order valence-corrected chi connectivity index (χ0v) is 13.8. The maximum absolute atomic E-state index is 13.5. The molecule has 3 rings (SSSR count). The molecule has 0 unspecified atom stereocenters. The lowest BCUT2D eigenvalue weighted by Gasteiger charge is -2.54. The zero-order valence-electron chi connectivity index (χ0n) is 13.8. The van der Waals surface area contributed by atoms with Crippen LogP contribution >= 0.6 is 0 Å². The summed E-state index contributed by atoms with van der Waals surface area (Å²) in [7, 11) is 0. The number of hydrogen-bond acceptors (Lipinski definition) is 5. The van der Waals surface area contributed by atoms with Gasteiger partial charge in [-0.3, -0.25) is 5.26 Å². The standard InChI is InChI=1S/C16H24F3NO4/c1-8-3-5-12-10(7-20)13(16(17,18)19)23-14-15(12,24-21)11(8)6-4-9(2)22-14/h8-9,11-12,14,21H,3-7,20H2,1-2H3/t8-,9+,11-,12+,14+,15-/m1/s1. The molecule has 0 bridgehead atoms. The molecule has 6 atom stereocenters. The van der Waals surface area contributed by atoms with E-state index in [1.807, 2.05) is 6.92 Å². The molecular formula is C16H24F3NO4. The van der Waals surface area contributed by atoms with E-state index in [1.54, 1.807) is 6.92 Å². The van der Waals surface area contributed by atoms with Gasteiger partial charge in [-0.1, -0.05) is 6.92 Å². The lowest BCUT2D eigenvalue weighted by atomic mass is 9.59. The molecule has 0 spiro atoms. The van der Waals surface area contributed by atoms with Gasteiger partial charge in [0, 0.05) is 18.4 Å². The van der Waals surface area contributed by atoms with Gasteiger partial charge in [0.2, 0.25) is 12.0 Å². The molecule has 0 amide bonds. The maximum Gasteiger partial charge on any atom is 0.449 e. The topological polar surface area (TPSA) is 73.9 Å². The van der Waals surface area contributed by atoms with E-state index in [2.05, 4.69) is 0 Å². The SMILES string of the molecule is C[C@@H]1CC[C@H]2C(CN)=C(C(F)(F)F)O[C@@H]3O[C@@H](C)CC[C@H]1[C@]32OO. The largest absolute Gasteiger partial charge is 0.456 e. The second-order valence-corrected chi connectivity index (χ2v) is 7.19. The second kappa shape index (κ2) is 6.16. The minimum Gasteiger partial charge on any atom is -0.456 e. The van der Waals surface area contributed by atoms with Crippen molar-refractivity contribution in [1.29, 1.82) is 0 Å². The molecule has 2 fully saturated rings. The minimum atomic E-state index is -4.66. The average molecular weight is 351 g/mol. The van der Waals surface area contributed by atoms with Crippen LogP contribution in [-0.4, -0.2) is 36.0 Å². The first-order valence-corrected chi connectivity index (χ1v) is 8.40. The number of ether oxygens (including phenoxy) is 2. The molecule has 24 heavy (non-hydrogen) atoms. The predicted octanol–water partition coefficient (Wildman–Crippen LogP) is 3.21. The molecule has 0 aromatic carbocycles. The van der Waals surface area contributed by atoms with Crippen molar-refractivity contribution < 1.29 is 32.8 Å². The highest BCUT2D eigenvalue weighted by Gasteiger charge is 2.65. The maximum atomic E-state index is 13.5. The monoisotopic (exact) mass is 351 g/mol. The Kier molecular flexibility index (Phi) is 4.61. The summed E-state index contributed by atoms with van der Waals surface area (Å²) >= 11 is 0. The summed E-state index contributed by atoms with van der Waals surface area (Å²) in [6, 6.07) is 0. The Balaban J connectivity index is 2.17. The predicted molar refractivity (Wildman–Crippen MR) is 78.6 cm³/mol. The molecule has 0 radical (unpaired) electrons. The summed E-state index contributed by atoms with van der Waals surface area (Å²) in [5, 5.41) is 9.81. The van der Waals surface area contributed by atoms with E-state index in [0.717, 1.165) is 6.42 Å². The summed E-state index contributed by atoms with van der Waals surface area (Å²) in [4.78, 5) is 4.93. The van der Waals surface area contributed by atoms with Crippen molar-refractivity contribution in [2.24, 2.45) is 23.5 Å². The van der Waals surface area contributed by atoms with Gasteiger partial charge < -0.3 is 15.2 Å². The van der Waals surface area contributed by atoms with E-state index in [-0.39, 0.29) is 30.1 Å². The highest BCUT2D eigenvalue weighted by Crippen LogP contribution is 2.57. The van der Waals surface area contributed by atoms with Gasteiger partial charge in [-0.25, -0.2) is 4.89 Å². The normalized spacial score (nSPS) is 43.0. The van der Waals surface area contributed by atoms with Crippen LogP contribution < -0.4 is 5.73 Å². The summed E-state index contributed by atoms with van der Waals surface area (Å²) in [5.41, 5.74) is 4.27. The van der Waals surface area contributed by atoms with E-state index >= 15 is 0 Å². The Hall–Kier alpha value is -0.830. The third kappa shape index (κ3) is 2.55. The van der Waals surface area contributed by atoms with Crippen LogP contribution in [0.2, 0.25) is 0 Å². The van der Waals surface area contributed by atoms with Crippen molar-refractivity contribution in [2.75, 3.05) is 6.54 Å². The zero-order chi connectivity index (χ0) is 17.7. The summed E-state index contributed by atoms with van der Waals surface area (Å²) in [5.74, 6) is -1.74. The molecule has 2 heterocycles. The van der Waals surface area contributed by atoms with Crippen molar-refractivity contribution in [3.8, 4) is 0 Å². The highest BCUT2D eigenvalue weighted by molar-refractivity contribution is 5.28. The Morgan fingerprint density at radius 2 is 1.96 bits per heavy atom. The van der Waals surface area contributed by atoms with Gasteiger partial charge in [-0.2, -0.15) is 13.2 Å². The van der Waals surface area contributed by atoms with Gasteiger partial charge in [0.25, 0.3) is 0 Å². The number of allylic oxidation sites excluding steroid dienone is 1. The number of hydrogen-bond donors (Lipinski definition) is 2. The molecule has 1 saturated carbocycles. The van der Waals surface area contributed by atoms with E-state index in [9.17, 15) is 18.4 Å².